The van der Waals surface area contributed by atoms with Crippen molar-refractivity contribution < 1.29 is 9.13 Å². The van der Waals surface area contributed by atoms with Crippen LogP contribution in [0.3, 0.4) is 0 Å². The van der Waals surface area contributed by atoms with E-state index in [0.717, 1.165) is 11.3 Å². The molecule has 0 fully saturated rings. The van der Waals surface area contributed by atoms with E-state index in [4.69, 9.17) is 10.5 Å². The van der Waals surface area contributed by atoms with E-state index < -0.39 is 5.82 Å². The summed E-state index contributed by atoms with van der Waals surface area (Å²) in [4.78, 5) is 5.07. The number of hydrogen-bond donors (Lipinski definition) is 2. The number of ether oxygens (including phenoxy) is 1. The standard InChI is InChI=1S/C13H16FN3OS/c1-2-3-18-13-5-12(11(15)4-10(13)14)17-7-9-6-16-8-19-9/h4-6,8,17H,2-3,7,15H2,1H3. The van der Waals surface area contributed by atoms with Crippen LogP contribution in [0.1, 0.15) is 18.2 Å². The molecule has 4 nitrogen and oxygen atoms in total. The highest BCUT2D eigenvalue weighted by atomic mass is 32.1. The molecule has 0 atom stereocenters. The van der Waals surface area contributed by atoms with Crippen LogP contribution in [0.25, 0.3) is 0 Å². The van der Waals surface area contributed by atoms with Crippen LogP contribution in [0.4, 0.5) is 15.8 Å². The van der Waals surface area contributed by atoms with Crippen LogP contribution < -0.4 is 15.8 Å². The maximum atomic E-state index is 13.6. The normalized spacial score (nSPS) is 10.4. The fourth-order valence-electron chi connectivity index (χ4n) is 1.56. The fraction of sp³-hybridized carbons (Fsp3) is 0.308. The van der Waals surface area contributed by atoms with Crippen LogP contribution in [0.15, 0.2) is 23.8 Å². The Morgan fingerprint density at radius 1 is 1.47 bits per heavy atom. The van der Waals surface area contributed by atoms with E-state index in [1.165, 1.54) is 6.07 Å². The molecule has 2 rings (SSSR count). The number of halogens is 1. The third-order valence-corrected chi connectivity index (χ3v) is 3.28. The Balaban J connectivity index is 2.10. The van der Waals surface area contributed by atoms with E-state index >= 15 is 0 Å². The van der Waals surface area contributed by atoms with Gasteiger partial charge >= 0.3 is 0 Å². The fourth-order valence-corrected chi connectivity index (χ4v) is 2.09. The topological polar surface area (TPSA) is 60.2 Å². The molecule has 0 aliphatic rings. The number of nitrogen functional groups attached to an aromatic ring is 1. The maximum absolute atomic E-state index is 13.6. The van der Waals surface area contributed by atoms with Crippen molar-refractivity contribution in [2.24, 2.45) is 0 Å². The maximum Gasteiger partial charge on any atom is 0.167 e. The monoisotopic (exact) mass is 281 g/mol. The minimum atomic E-state index is -0.436. The van der Waals surface area contributed by atoms with Crippen molar-refractivity contribution in [2.45, 2.75) is 19.9 Å². The van der Waals surface area contributed by atoms with Gasteiger partial charge in [0.1, 0.15) is 0 Å². The number of nitrogens with one attached hydrogen (secondary N) is 1. The van der Waals surface area contributed by atoms with Gasteiger partial charge in [0, 0.05) is 23.2 Å². The lowest BCUT2D eigenvalue weighted by Crippen LogP contribution is -2.04. The summed E-state index contributed by atoms with van der Waals surface area (Å²) in [6.45, 7) is 3.06. The number of thiazole rings is 1. The summed E-state index contributed by atoms with van der Waals surface area (Å²) in [6.07, 6.45) is 2.61. The molecule has 0 radical (unpaired) electrons. The Labute approximate surface area is 115 Å². The summed E-state index contributed by atoms with van der Waals surface area (Å²) >= 11 is 1.55. The molecular formula is C13H16FN3OS. The number of nitrogens with zero attached hydrogens (tertiary/aromatic N) is 1. The highest BCUT2D eigenvalue weighted by molar-refractivity contribution is 7.09. The Hall–Kier alpha value is -1.82. The van der Waals surface area contributed by atoms with Crippen molar-refractivity contribution >= 4 is 22.7 Å². The first-order chi connectivity index (χ1) is 9.20. The third kappa shape index (κ3) is 3.57. The third-order valence-electron chi connectivity index (χ3n) is 2.50. The summed E-state index contributed by atoms with van der Waals surface area (Å²) < 4.78 is 19.0. The van der Waals surface area contributed by atoms with Crippen LogP contribution in [-0.2, 0) is 6.54 Å². The van der Waals surface area contributed by atoms with Crippen LogP contribution in [-0.4, -0.2) is 11.6 Å². The highest BCUT2D eigenvalue weighted by Crippen LogP contribution is 2.28. The number of benzene rings is 1. The zero-order valence-corrected chi connectivity index (χ0v) is 11.5. The average Bonchev–Trinajstić information content (AvgIpc) is 2.90. The second-order valence-electron chi connectivity index (χ2n) is 4.04. The smallest absolute Gasteiger partial charge is 0.167 e. The lowest BCUT2D eigenvalue weighted by molar-refractivity contribution is 0.301. The van der Waals surface area contributed by atoms with E-state index in [-0.39, 0.29) is 5.75 Å². The highest BCUT2D eigenvalue weighted by Gasteiger charge is 2.09. The van der Waals surface area contributed by atoms with Gasteiger partial charge in [-0.3, -0.25) is 4.98 Å². The quantitative estimate of drug-likeness (QED) is 0.798. The van der Waals surface area contributed by atoms with Crippen LogP contribution in [0, 0.1) is 5.82 Å². The largest absolute Gasteiger partial charge is 0.490 e. The van der Waals surface area contributed by atoms with Gasteiger partial charge in [0.05, 0.1) is 30.0 Å². The minimum absolute atomic E-state index is 0.225. The molecule has 0 unspecified atom stereocenters. The molecule has 0 aliphatic heterocycles. The van der Waals surface area contributed by atoms with Gasteiger partial charge in [-0.15, -0.1) is 11.3 Å². The Kier molecular flexibility index (Phi) is 4.57. The van der Waals surface area contributed by atoms with E-state index in [1.807, 2.05) is 6.92 Å². The van der Waals surface area contributed by atoms with E-state index in [1.54, 1.807) is 29.1 Å². The molecule has 0 bridgehead atoms. The molecule has 1 aromatic heterocycles. The molecule has 2 aromatic rings. The Morgan fingerprint density at radius 2 is 2.32 bits per heavy atom. The van der Waals surface area contributed by atoms with Gasteiger partial charge in [-0.1, -0.05) is 6.92 Å². The first kappa shape index (κ1) is 13.6. The molecule has 0 amide bonds. The van der Waals surface area contributed by atoms with E-state index in [9.17, 15) is 4.39 Å². The molecular weight excluding hydrogens is 265 g/mol. The number of rotatable bonds is 6. The molecule has 0 saturated carbocycles. The lowest BCUT2D eigenvalue weighted by atomic mass is 10.2. The van der Waals surface area contributed by atoms with E-state index in [2.05, 4.69) is 10.3 Å². The molecule has 0 saturated heterocycles. The summed E-state index contributed by atoms with van der Waals surface area (Å²) in [5.41, 5.74) is 8.59. The van der Waals surface area contributed by atoms with Crippen molar-refractivity contribution in [3.8, 4) is 5.75 Å². The summed E-state index contributed by atoms with van der Waals surface area (Å²) in [5.74, 6) is -0.211. The predicted molar refractivity (Wildman–Crippen MR) is 76.0 cm³/mol. The first-order valence-corrected chi connectivity index (χ1v) is 6.91. The zero-order valence-electron chi connectivity index (χ0n) is 10.6. The van der Waals surface area contributed by atoms with Crippen molar-refractivity contribution in [2.75, 3.05) is 17.7 Å². The van der Waals surface area contributed by atoms with Gasteiger partial charge in [0.15, 0.2) is 11.6 Å². The van der Waals surface area contributed by atoms with Gasteiger partial charge in [-0.05, 0) is 6.42 Å². The average molecular weight is 281 g/mol. The minimum Gasteiger partial charge on any atom is -0.490 e. The Morgan fingerprint density at radius 3 is 3.00 bits per heavy atom. The molecule has 19 heavy (non-hydrogen) atoms. The summed E-state index contributed by atoms with van der Waals surface area (Å²) in [5, 5.41) is 3.16. The second kappa shape index (κ2) is 6.38. The molecule has 6 heteroatoms. The molecule has 3 N–H and O–H groups in total. The number of anilines is 2. The number of hydrogen-bond acceptors (Lipinski definition) is 5. The predicted octanol–water partition coefficient (Wildman–Crippen LogP) is 3.27. The van der Waals surface area contributed by atoms with Crippen LogP contribution in [0.2, 0.25) is 0 Å². The molecule has 1 heterocycles. The van der Waals surface area contributed by atoms with Gasteiger partial charge in [0.2, 0.25) is 0 Å². The summed E-state index contributed by atoms with van der Waals surface area (Å²) in [6, 6.07) is 2.88. The van der Waals surface area contributed by atoms with Gasteiger partial charge < -0.3 is 15.8 Å². The number of nitrogens with two attached hydrogens (primary N) is 1. The van der Waals surface area contributed by atoms with Crippen molar-refractivity contribution in [3.63, 3.8) is 0 Å². The van der Waals surface area contributed by atoms with Crippen molar-refractivity contribution in [1.29, 1.82) is 0 Å². The van der Waals surface area contributed by atoms with Gasteiger partial charge in [0.25, 0.3) is 0 Å². The van der Waals surface area contributed by atoms with Crippen LogP contribution in [0.5, 0.6) is 5.75 Å². The number of aromatic nitrogens is 1. The molecule has 102 valence electrons. The Bertz CT molecular complexity index is 531. The van der Waals surface area contributed by atoms with Crippen molar-refractivity contribution in [3.05, 3.63) is 34.5 Å². The SMILES string of the molecule is CCCOc1cc(NCc2cncs2)c(N)cc1F. The molecule has 1 aromatic carbocycles. The second-order valence-corrected chi connectivity index (χ2v) is 5.01. The van der Waals surface area contributed by atoms with Crippen molar-refractivity contribution in [1.82, 2.24) is 4.98 Å². The first-order valence-electron chi connectivity index (χ1n) is 6.03. The summed E-state index contributed by atoms with van der Waals surface area (Å²) in [7, 11) is 0. The van der Waals surface area contributed by atoms with Gasteiger partial charge in [-0.2, -0.15) is 0 Å². The van der Waals surface area contributed by atoms with Crippen LogP contribution >= 0.6 is 11.3 Å². The molecule has 0 aliphatic carbocycles. The molecule has 0 spiro atoms. The van der Waals surface area contributed by atoms with Gasteiger partial charge in [-0.25, -0.2) is 4.39 Å². The zero-order chi connectivity index (χ0) is 13.7. The lowest BCUT2D eigenvalue weighted by Gasteiger charge is -2.12. The van der Waals surface area contributed by atoms with E-state index in [0.29, 0.717) is 24.5 Å².